The smallest absolute Gasteiger partial charge is 0.281 e. The molecule has 0 aliphatic carbocycles. The Kier molecular flexibility index (Phi) is 5.90. The van der Waals surface area contributed by atoms with Crippen molar-refractivity contribution in [1.82, 2.24) is 28.5 Å². The predicted molar refractivity (Wildman–Crippen MR) is 118 cm³/mol. The van der Waals surface area contributed by atoms with Crippen LogP contribution in [0.4, 0.5) is 5.95 Å². The molecular weight excluding hydrogens is 418 g/mol. The Balaban J connectivity index is 1.64. The summed E-state index contributed by atoms with van der Waals surface area (Å²) in [4.78, 5) is 18.8. The van der Waals surface area contributed by atoms with E-state index in [1.54, 1.807) is 39.8 Å². The maximum atomic E-state index is 12.4. The summed E-state index contributed by atoms with van der Waals surface area (Å²) in [5, 5.41) is 0. The molecule has 0 amide bonds. The van der Waals surface area contributed by atoms with E-state index in [-0.39, 0.29) is 0 Å². The Morgan fingerprint density at radius 3 is 2.35 bits per heavy atom. The van der Waals surface area contributed by atoms with E-state index >= 15 is 0 Å². The Morgan fingerprint density at radius 2 is 1.77 bits per heavy atom. The second-order valence-corrected chi connectivity index (χ2v) is 9.42. The van der Waals surface area contributed by atoms with Gasteiger partial charge in [-0.25, -0.2) is 15.0 Å². The van der Waals surface area contributed by atoms with Crippen molar-refractivity contribution in [3.8, 4) is 28.4 Å². The zero-order chi connectivity index (χ0) is 22.0. The molecule has 11 heteroatoms. The van der Waals surface area contributed by atoms with E-state index < -0.39 is 10.2 Å². The van der Waals surface area contributed by atoms with Crippen LogP contribution in [0.25, 0.3) is 22.6 Å². The van der Waals surface area contributed by atoms with Gasteiger partial charge in [0.1, 0.15) is 11.6 Å². The number of aromatic nitrogens is 4. The average molecular weight is 444 g/mol. The first-order valence-electron chi connectivity index (χ1n) is 9.84. The van der Waals surface area contributed by atoms with Crippen LogP contribution in [-0.2, 0) is 10.2 Å². The van der Waals surface area contributed by atoms with E-state index in [1.807, 2.05) is 29.2 Å². The fourth-order valence-corrected chi connectivity index (χ4v) is 4.52. The average Bonchev–Trinajstić information content (AvgIpc) is 3.33. The van der Waals surface area contributed by atoms with Gasteiger partial charge in [-0.15, -0.1) is 0 Å². The molecule has 0 bridgehead atoms. The molecule has 0 spiro atoms. The lowest BCUT2D eigenvalue weighted by atomic mass is 10.1. The van der Waals surface area contributed by atoms with Gasteiger partial charge in [-0.05, 0) is 24.3 Å². The van der Waals surface area contributed by atoms with Gasteiger partial charge < -0.3 is 14.6 Å². The third-order valence-corrected chi connectivity index (χ3v) is 7.14. The molecule has 4 rings (SSSR count). The van der Waals surface area contributed by atoms with E-state index in [9.17, 15) is 8.42 Å². The van der Waals surface area contributed by atoms with Crippen LogP contribution in [0.5, 0.6) is 5.75 Å². The minimum atomic E-state index is -3.42. The van der Waals surface area contributed by atoms with E-state index in [1.165, 1.54) is 8.61 Å². The molecule has 10 nitrogen and oxygen atoms in total. The summed E-state index contributed by atoms with van der Waals surface area (Å²) >= 11 is 0. The third kappa shape index (κ3) is 4.24. The quantitative estimate of drug-likeness (QED) is 0.615. The molecule has 1 aromatic carbocycles. The van der Waals surface area contributed by atoms with Crippen molar-refractivity contribution in [2.75, 3.05) is 52.3 Å². The molecule has 0 unspecified atom stereocenters. The van der Waals surface area contributed by atoms with Gasteiger partial charge in [0.05, 0.1) is 18.4 Å². The van der Waals surface area contributed by atoms with Crippen LogP contribution in [0, 0.1) is 0 Å². The van der Waals surface area contributed by atoms with Crippen LogP contribution in [0.3, 0.4) is 0 Å². The number of aromatic amines is 1. The molecule has 2 aromatic heterocycles. The van der Waals surface area contributed by atoms with Crippen molar-refractivity contribution in [3.63, 3.8) is 0 Å². The first-order chi connectivity index (χ1) is 14.9. The summed E-state index contributed by atoms with van der Waals surface area (Å²) in [7, 11) is 1.28. The SMILES string of the molecule is COc1ccc(-c2nc(N3CCN(S(=O)(=O)N(C)C)CC3)ncc2-c2ncc[nH]2)cc1. The summed E-state index contributed by atoms with van der Waals surface area (Å²) in [6.07, 6.45) is 5.20. The molecule has 1 saturated heterocycles. The number of hydrogen-bond acceptors (Lipinski definition) is 7. The summed E-state index contributed by atoms with van der Waals surface area (Å²) in [6.45, 7) is 1.77. The molecule has 1 aliphatic heterocycles. The predicted octanol–water partition coefficient (Wildman–Crippen LogP) is 1.47. The molecule has 31 heavy (non-hydrogen) atoms. The maximum absolute atomic E-state index is 12.4. The van der Waals surface area contributed by atoms with Gasteiger partial charge in [-0.1, -0.05) is 0 Å². The van der Waals surface area contributed by atoms with Crippen LogP contribution >= 0.6 is 0 Å². The highest BCUT2D eigenvalue weighted by molar-refractivity contribution is 7.86. The third-order valence-electron chi connectivity index (χ3n) is 5.20. The van der Waals surface area contributed by atoms with Gasteiger partial charge in [0.15, 0.2) is 0 Å². The van der Waals surface area contributed by atoms with Crippen molar-refractivity contribution in [3.05, 3.63) is 42.9 Å². The lowest BCUT2D eigenvalue weighted by Gasteiger charge is -2.35. The van der Waals surface area contributed by atoms with Gasteiger partial charge in [-0.3, -0.25) is 0 Å². The highest BCUT2D eigenvalue weighted by Crippen LogP contribution is 2.31. The molecule has 0 atom stereocenters. The van der Waals surface area contributed by atoms with Crippen LogP contribution in [0.15, 0.2) is 42.9 Å². The van der Waals surface area contributed by atoms with Crippen LogP contribution < -0.4 is 9.64 Å². The standard InChI is InChI=1S/C20H25N7O3S/c1-25(2)31(28,29)27-12-10-26(11-13-27)20-23-14-17(19-21-8-9-22-19)18(24-20)15-4-6-16(30-3)7-5-15/h4-9,14H,10-13H2,1-3H3,(H,21,22). The normalized spacial score (nSPS) is 15.4. The second kappa shape index (κ2) is 8.61. The Bertz CT molecular complexity index is 1120. The summed E-state index contributed by atoms with van der Waals surface area (Å²) in [5.74, 6) is 2.00. The number of nitrogens with zero attached hydrogens (tertiary/aromatic N) is 6. The zero-order valence-electron chi connectivity index (χ0n) is 17.7. The molecule has 3 aromatic rings. The number of piperazine rings is 1. The van der Waals surface area contributed by atoms with E-state index in [4.69, 9.17) is 9.72 Å². The molecule has 164 valence electrons. The molecule has 1 fully saturated rings. The maximum Gasteiger partial charge on any atom is 0.281 e. The number of anilines is 1. The number of ether oxygens (including phenoxy) is 1. The summed E-state index contributed by atoms with van der Waals surface area (Å²) < 4.78 is 32.7. The Morgan fingerprint density at radius 1 is 1.06 bits per heavy atom. The Labute approximate surface area is 181 Å². The lowest BCUT2D eigenvalue weighted by Crippen LogP contribution is -2.52. The van der Waals surface area contributed by atoms with Gasteiger partial charge >= 0.3 is 0 Å². The second-order valence-electron chi connectivity index (χ2n) is 7.27. The number of benzene rings is 1. The topological polar surface area (TPSA) is 108 Å². The van der Waals surface area contributed by atoms with Crippen molar-refractivity contribution in [2.45, 2.75) is 0 Å². The first kappa shape index (κ1) is 21.2. The van der Waals surface area contributed by atoms with Gasteiger partial charge in [0.2, 0.25) is 5.95 Å². The minimum Gasteiger partial charge on any atom is -0.497 e. The van der Waals surface area contributed by atoms with Crippen molar-refractivity contribution in [2.24, 2.45) is 0 Å². The first-order valence-corrected chi connectivity index (χ1v) is 11.2. The highest BCUT2D eigenvalue weighted by atomic mass is 32.2. The number of hydrogen-bond donors (Lipinski definition) is 1. The highest BCUT2D eigenvalue weighted by Gasteiger charge is 2.29. The number of imidazole rings is 1. The minimum absolute atomic E-state index is 0.377. The summed E-state index contributed by atoms with van der Waals surface area (Å²) in [5.41, 5.74) is 2.43. The number of nitrogens with one attached hydrogen (secondary N) is 1. The molecule has 3 heterocycles. The fraction of sp³-hybridized carbons (Fsp3) is 0.350. The number of methoxy groups -OCH3 is 1. The number of rotatable bonds is 6. The van der Waals surface area contributed by atoms with E-state index in [0.29, 0.717) is 38.0 Å². The van der Waals surface area contributed by atoms with Crippen molar-refractivity contribution < 1.29 is 13.2 Å². The van der Waals surface area contributed by atoms with Crippen LogP contribution in [-0.4, -0.2) is 84.3 Å². The monoisotopic (exact) mass is 443 g/mol. The van der Waals surface area contributed by atoms with Gasteiger partial charge in [-0.2, -0.15) is 17.0 Å². The van der Waals surface area contributed by atoms with Crippen LogP contribution in [0.2, 0.25) is 0 Å². The van der Waals surface area contributed by atoms with Gasteiger partial charge in [0, 0.05) is 64.4 Å². The molecular formula is C20H25N7O3S. The molecule has 1 N–H and O–H groups in total. The lowest BCUT2D eigenvalue weighted by molar-refractivity contribution is 0.354. The zero-order valence-corrected chi connectivity index (χ0v) is 18.5. The van der Waals surface area contributed by atoms with E-state index in [2.05, 4.69) is 15.0 Å². The summed E-state index contributed by atoms with van der Waals surface area (Å²) in [6, 6.07) is 7.65. The molecule has 1 aliphatic rings. The molecule has 0 saturated carbocycles. The van der Waals surface area contributed by atoms with Crippen molar-refractivity contribution >= 4 is 16.2 Å². The van der Waals surface area contributed by atoms with E-state index in [0.717, 1.165) is 22.6 Å². The largest absolute Gasteiger partial charge is 0.497 e. The molecule has 0 radical (unpaired) electrons. The number of H-pyrrole nitrogens is 1. The van der Waals surface area contributed by atoms with Crippen LogP contribution in [0.1, 0.15) is 0 Å². The van der Waals surface area contributed by atoms with Gasteiger partial charge in [0.25, 0.3) is 10.2 Å². The Hall–Kier alpha value is -3.02. The fourth-order valence-electron chi connectivity index (χ4n) is 3.43. The van der Waals surface area contributed by atoms with Crippen molar-refractivity contribution in [1.29, 1.82) is 0 Å².